The van der Waals surface area contributed by atoms with Crippen LogP contribution in [0.3, 0.4) is 0 Å². The number of β-amino-alcohol motifs (C(OH)–C–C–N with tert-alkyl or cyclic N) is 1. The van der Waals surface area contributed by atoms with Crippen LogP contribution in [0.15, 0.2) is 73.1 Å². The number of hydrogen-bond acceptors (Lipinski definition) is 5. The Kier molecular flexibility index (Phi) is 7.30. The molecule has 162 valence electrons. The highest BCUT2D eigenvalue weighted by molar-refractivity contribution is 5.33. The first-order chi connectivity index (χ1) is 15.2. The molecule has 5 nitrogen and oxygen atoms in total. The average molecular weight is 418 g/mol. The molecule has 1 N–H and O–H groups in total. The second-order valence-electron chi connectivity index (χ2n) is 8.36. The van der Waals surface area contributed by atoms with Gasteiger partial charge in [-0.05, 0) is 42.3 Å². The van der Waals surface area contributed by atoms with E-state index in [-0.39, 0.29) is 0 Å². The Morgan fingerprint density at radius 2 is 1.84 bits per heavy atom. The standard InChI is InChI=1S/C26H31N3O2/c1-28(16-21-7-6-13-27-15-21)17-24-10-4-5-11-26(24)31-20-25(30)19-29-14-12-22-8-2-3-9-23(22)18-29/h2-11,13,15,25,30H,12,14,16-20H2,1H3. The van der Waals surface area contributed by atoms with E-state index in [1.807, 2.05) is 30.5 Å². The molecule has 1 atom stereocenters. The molecule has 31 heavy (non-hydrogen) atoms. The number of aliphatic hydroxyl groups excluding tert-OH is 1. The second-order valence-corrected chi connectivity index (χ2v) is 8.36. The molecule has 3 aromatic rings. The van der Waals surface area contributed by atoms with E-state index in [2.05, 4.69) is 58.2 Å². The maximum Gasteiger partial charge on any atom is 0.123 e. The summed E-state index contributed by atoms with van der Waals surface area (Å²) in [6, 6.07) is 20.7. The van der Waals surface area contributed by atoms with Gasteiger partial charge in [0, 0.05) is 50.7 Å². The summed E-state index contributed by atoms with van der Waals surface area (Å²) < 4.78 is 6.05. The topological polar surface area (TPSA) is 48.8 Å². The molecule has 5 heteroatoms. The maximum absolute atomic E-state index is 10.6. The molecule has 1 aliphatic rings. The van der Waals surface area contributed by atoms with Gasteiger partial charge in [-0.2, -0.15) is 0 Å². The van der Waals surface area contributed by atoms with Gasteiger partial charge in [-0.1, -0.05) is 48.5 Å². The number of rotatable bonds is 9. The lowest BCUT2D eigenvalue weighted by atomic mass is 10.00. The van der Waals surface area contributed by atoms with Crippen molar-refractivity contribution < 1.29 is 9.84 Å². The highest BCUT2D eigenvalue weighted by Crippen LogP contribution is 2.21. The van der Waals surface area contributed by atoms with Crippen LogP contribution in [0.5, 0.6) is 5.75 Å². The van der Waals surface area contributed by atoms with Crippen LogP contribution in [-0.4, -0.2) is 52.7 Å². The van der Waals surface area contributed by atoms with E-state index in [0.29, 0.717) is 13.2 Å². The minimum Gasteiger partial charge on any atom is -0.491 e. The van der Waals surface area contributed by atoms with E-state index in [9.17, 15) is 5.11 Å². The van der Waals surface area contributed by atoms with E-state index < -0.39 is 6.10 Å². The first-order valence-electron chi connectivity index (χ1n) is 10.9. The smallest absolute Gasteiger partial charge is 0.123 e. The lowest BCUT2D eigenvalue weighted by Crippen LogP contribution is -2.38. The highest BCUT2D eigenvalue weighted by Gasteiger charge is 2.19. The summed E-state index contributed by atoms with van der Waals surface area (Å²) >= 11 is 0. The van der Waals surface area contributed by atoms with Crippen LogP contribution in [0, 0.1) is 0 Å². The summed E-state index contributed by atoms with van der Waals surface area (Å²) in [4.78, 5) is 8.73. The fraction of sp³-hybridized carbons (Fsp3) is 0.346. The largest absolute Gasteiger partial charge is 0.491 e. The molecule has 0 bridgehead atoms. The molecule has 1 aromatic heterocycles. The molecular weight excluding hydrogens is 386 g/mol. The summed E-state index contributed by atoms with van der Waals surface area (Å²) in [5.74, 6) is 0.837. The van der Waals surface area contributed by atoms with Crippen molar-refractivity contribution >= 4 is 0 Å². The number of fused-ring (bicyclic) bond motifs is 1. The van der Waals surface area contributed by atoms with E-state index in [4.69, 9.17) is 4.74 Å². The zero-order valence-electron chi connectivity index (χ0n) is 18.2. The number of aromatic nitrogens is 1. The fourth-order valence-electron chi connectivity index (χ4n) is 4.17. The van der Waals surface area contributed by atoms with Crippen LogP contribution in [0.25, 0.3) is 0 Å². The molecule has 0 saturated heterocycles. The second kappa shape index (κ2) is 10.5. The summed E-state index contributed by atoms with van der Waals surface area (Å²) in [7, 11) is 2.09. The van der Waals surface area contributed by atoms with Crippen molar-refractivity contribution in [1.82, 2.24) is 14.8 Å². The van der Waals surface area contributed by atoms with Crippen molar-refractivity contribution in [3.63, 3.8) is 0 Å². The van der Waals surface area contributed by atoms with Crippen molar-refractivity contribution in [2.75, 3.05) is 26.7 Å². The van der Waals surface area contributed by atoms with E-state index in [1.165, 1.54) is 16.7 Å². The predicted molar refractivity (Wildman–Crippen MR) is 123 cm³/mol. The molecular formula is C26H31N3O2. The monoisotopic (exact) mass is 417 g/mol. The third kappa shape index (κ3) is 6.14. The van der Waals surface area contributed by atoms with Crippen LogP contribution in [-0.2, 0) is 26.1 Å². The number of ether oxygens (including phenoxy) is 1. The summed E-state index contributed by atoms with van der Waals surface area (Å²) in [5, 5.41) is 10.6. The van der Waals surface area contributed by atoms with Crippen molar-refractivity contribution in [2.45, 2.75) is 32.2 Å². The lowest BCUT2D eigenvalue weighted by molar-refractivity contribution is 0.0632. The van der Waals surface area contributed by atoms with Crippen LogP contribution in [0.4, 0.5) is 0 Å². The van der Waals surface area contributed by atoms with Gasteiger partial charge in [0.15, 0.2) is 0 Å². The van der Waals surface area contributed by atoms with Gasteiger partial charge in [0.05, 0.1) is 0 Å². The third-order valence-corrected chi connectivity index (χ3v) is 5.70. The molecule has 0 saturated carbocycles. The van der Waals surface area contributed by atoms with Crippen molar-refractivity contribution in [3.05, 3.63) is 95.3 Å². The molecule has 1 unspecified atom stereocenters. The van der Waals surface area contributed by atoms with Gasteiger partial charge in [-0.3, -0.25) is 14.8 Å². The number of benzene rings is 2. The van der Waals surface area contributed by atoms with E-state index >= 15 is 0 Å². The van der Waals surface area contributed by atoms with Gasteiger partial charge < -0.3 is 9.84 Å². The molecule has 0 radical (unpaired) electrons. The molecule has 0 aliphatic carbocycles. The first kappa shape index (κ1) is 21.5. The molecule has 2 aromatic carbocycles. The quantitative estimate of drug-likeness (QED) is 0.577. The fourth-order valence-corrected chi connectivity index (χ4v) is 4.17. The van der Waals surface area contributed by atoms with Crippen LogP contribution < -0.4 is 4.74 Å². The average Bonchev–Trinajstić information content (AvgIpc) is 2.79. The van der Waals surface area contributed by atoms with Crippen LogP contribution >= 0.6 is 0 Å². The highest BCUT2D eigenvalue weighted by atomic mass is 16.5. The Labute approximate surface area is 184 Å². The maximum atomic E-state index is 10.6. The molecule has 0 fully saturated rings. The van der Waals surface area contributed by atoms with Gasteiger partial charge in [0.1, 0.15) is 18.5 Å². The van der Waals surface area contributed by atoms with Crippen molar-refractivity contribution in [2.24, 2.45) is 0 Å². The first-order valence-corrected chi connectivity index (χ1v) is 10.9. The Bertz CT molecular complexity index is 964. The number of pyridine rings is 1. The van der Waals surface area contributed by atoms with E-state index in [1.54, 1.807) is 6.20 Å². The zero-order valence-corrected chi connectivity index (χ0v) is 18.2. The van der Waals surface area contributed by atoms with Gasteiger partial charge in [0.25, 0.3) is 0 Å². The van der Waals surface area contributed by atoms with Crippen molar-refractivity contribution in [3.8, 4) is 5.75 Å². The van der Waals surface area contributed by atoms with Crippen LogP contribution in [0.1, 0.15) is 22.3 Å². The zero-order chi connectivity index (χ0) is 21.5. The van der Waals surface area contributed by atoms with Gasteiger partial charge >= 0.3 is 0 Å². The normalized spacial score (nSPS) is 14.9. The molecule has 4 rings (SSSR count). The molecule has 0 amide bonds. The Morgan fingerprint density at radius 1 is 1.03 bits per heavy atom. The number of aliphatic hydroxyl groups is 1. The lowest BCUT2D eigenvalue weighted by Gasteiger charge is -2.30. The van der Waals surface area contributed by atoms with Crippen molar-refractivity contribution in [1.29, 1.82) is 0 Å². The predicted octanol–water partition coefficient (Wildman–Crippen LogP) is 3.51. The summed E-state index contributed by atoms with van der Waals surface area (Å²) in [6.07, 6.45) is 4.21. The summed E-state index contributed by atoms with van der Waals surface area (Å²) in [6.45, 7) is 4.37. The Hall–Kier alpha value is -2.73. The number of hydrogen-bond donors (Lipinski definition) is 1. The third-order valence-electron chi connectivity index (χ3n) is 5.70. The Balaban J connectivity index is 1.28. The molecule has 2 heterocycles. The summed E-state index contributed by atoms with van der Waals surface area (Å²) in [5.41, 5.74) is 5.09. The minimum absolute atomic E-state index is 0.293. The number of para-hydroxylation sites is 1. The number of nitrogens with zero attached hydrogens (tertiary/aromatic N) is 3. The van der Waals surface area contributed by atoms with Gasteiger partial charge in [-0.25, -0.2) is 0 Å². The Morgan fingerprint density at radius 3 is 2.68 bits per heavy atom. The molecule has 0 spiro atoms. The van der Waals surface area contributed by atoms with Gasteiger partial charge in [0.2, 0.25) is 0 Å². The van der Waals surface area contributed by atoms with E-state index in [0.717, 1.165) is 43.9 Å². The molecule has 1 aliphatic heterocycles. The van der Waals surface area contributed by atoms with Crippen LogP contribution in [0.2, 0.25) is 0 Å². The van der Waals surface area contributed by atoms with Gasteiger partial charge in [-0.15, -0.1) is 0 Å². The minimum atomic E-state index is -0.522. The SMILES string of the molecule is CN(Cc1cccnc1)Cc1ccccc1OCC(O)CN1CCc2ccccc2C1.